The van der Waals surface area contributed by atoms with E-state index in [9.17, 15) is 13.2 Å². The summed E-state index contributed by atoms with van der Waals surface area (Å²) in [7, 11) is -2.32. The molecule has 112 valence electrons. The van der Waals surface area contributed by atoms with Gasteiger partial charge in [-0.05, 0) is 25.0 Å². The Morgan fingerprint density at radius 3 is 2.65 bits per heavy atom. The number of sulfonamides is 1. The molecule has 0 atom stereocenters. The number of methoxy groups -OCH3 is 1. The molecule has 8 heteroatoms. The zero-order valence-electron chi connectivity index (χ0n) is 11.3. The molecule has 0 saturated carbocycles. The quantitative estimate of drug-likeness (QED) is 0.544. The molecule has 1 heterocycles. The summed E-state index contributed by atoms with van der Waals surface area (Å²) in [6.07, 6.45) is 4.21. The van der Waals surface area contributed by atoms with E-state index in [0.717, 1.165) is 19.3 Å². The highest BCUT2D eigenvalue weighted by Crippen LogP contribution is 2.09. The number of nitrogens with one attached hydrogen (secondary N) is 1. The third-order valence-corrected chi connectivity index (χ3v) is 3.55. The summed E-state index contributed by atoms with van der Waals surface area (Å²) in [4.78, 5) is 14.8. The smallest absolute Gasteiger partial charge is 0.305 e. The normalized spacial score (nSPS) is 11.1. The van der Waals surface area contributed by atoms with E-state index in [4.69, 9.17) is 5.14 Å². The Morgan fingerprint density at radius 2 is 2.10 bits per heavy atom. The van der Waals surface area contributed by atoms with Crippen molar-refractivity contribution in [1.82, 2.24) is 4.98 Å². The van der Waals surface area contributed by atoms with Crippen LogP contribution in [0.2, 0.25) is 0 Å². The van der Waals surface area contributed by atoms with Gasteiger partial charge in [-0.15, -0.1) is 0 Å². The molecule has 0 unspecified atom stereocenters. The highest BCUT2D eigenvalue weighted by Gasteiger charge is 2.07. The zero-order chi connectivity index (χ0) is 15.0. The van der Waals surface area contributed by atoms with Crippen LogP contribution < -0.4 is 10.5 Å². The van der Waals surface area contributed by atoms with E-state index < -0.39 is 10.0 Å². The van der Waals surface area contributed by atoms with Crippen LogP contribution in [0, 0.1) is 0 Å². The maximum absolute atomic E-state index is 11.0. The maximum atomic E-state index is 11.0. The topological polar surface area (TPSA) is 111 Å². The summed E-state index contributed by atoms with van der Waals surface area (Å²) >= 11 is 0. The summed E-state index contributed by atoms with van der Waals surface area (Å²) in [5.74, 6) is 0.392. The third kappa shape index (κ3) is 5.98. The molecular formula is C12H19N3O4S. The molecule has 0 aliphatic heterocycles. The van der Waals surface area contributed by atoms with Crippen molar-refractivity contribution in [2.24, 2.45) is 5.14 Å². The first-order valence-corrected chi connectivity index (χ1v) is 7.77. The second kappa shape index (κ2) is 7.81. The van der Waals surface area contributed by atoms with E-state index in [2.05, 4.69) is 15.0 Å². The van der Waals surface area contributed by atoms with Crippen LogP contribution in [-0.4, -0.2) is 33.0 Å². The molecule has 0 spiro atoms. The predicted molar refractivity (Wildman–Crippen MR) is 74.6 cm³/mol. The molecule has 1 aromatic heterocycles. The van der Waals surface area contributed by atoms with Crippen molar-refractivity contribution in [2.45, 2.75) is 30.6 Å². The van der Waals surface area contributed by atoms with Gasteiger partial charge in [-0.3, -0.25) is 4.79 Å². The molecule has 3 N–H and O–H groups in total. The van der Waals surface area contributed by atoms with E-state index in [0.29, 0.717) is 18.8 Å². The van der Waals surface area contributed by atoms with E-state index in [1.54, 1.807) is 6.07 Å². The Labute approximate surface area is 118 Å². The van der Waals surface area contributed by atoms with Gasteiger partial charge in [-0.1, -0.05) is 6.42 Å². The first kappa shape index (κ1) is 16.4. The molecule has 0 aliphatic rings. The number of nitrogens with zero attached hydrogens (tertiary/aromatic N) is 1. The molecule has 7 nitrogen and oxygen atoms in total. The number of hydrogen-bond acceptors (Lipinski definition) is 6. The van der Waals surface area contributed by atoms with Gasteiger partial charge in [0.1, 0.15) is 10.7 Å². The Bertz CT molecular complexity index is 528. The molecule has 0 fully saturated rings. The van der Waals surface area contributed by atoms with Crippen LogP contribution in [-0.2, 0) is 19.6 Å². The van der Waals surface area contributed by atoms with Crippen molar-refractivity contribution in [3.63, 3.8) is 0 Å². The van der Waals surface area contributed by atoms with Gasteiger partial charge in [0.15, 0.2) is 0 Å². The highest BCUT2D eigenvalue weighted by molar-refractivity contribution is 7.89. The van der Waals surface area contributed by atoms with Gasteiger partial charge in [-0.2, -0.15) is 0 Å². The Morgan fingerprint density at radius 1 is 1.35 bits per heavy atom. The second-order valence-corrected chi connectivity index (χ2v) is 5.80. The van der Waals surface area contributed by atoms with Crippen molar-refractivity contribution in [2.75, 3.05) is 19.0 Å². The molecule has 0 aliphatic carbocycles. The molecule has 1 rings (SSSR count). The van der Waals surface area contributed by atoms with Gasteiger partial charge in [0.25, 0.3) is 0 Å². The number of primary sulfonamides is 1. The molecular weight excluding hydrogens is 282 g/mol. The van der Waals surface area contributed by atoms with Crippen LogP contribution in [0.5, 0.6) is 0 Å². The Hall–Kier alpha value is -1.67. The monoisotopic (exact) mass is 301 g/mol. The fraction of sp³-hybridized carbons (Fsp3) is 0.500. The van der Waals surface area contributed by atoms with Gasteiger partial charge in [0, 0.05) is 19.2 Å². The molecule has 0 saturated heterocycles. The summed E-state index contributed by atoms with van der Waals surface area (Å²) in [5.41, 5.74) is 0. The summed E-state index contributed by atoms with van der Waals surface area (Å²) < 4.78 is 26.6. The van der Waals surface area contributed by atoms with Crippen molar-refractivity contribution in [1.29, 1.82) is 0 Å². The number of anilines is 1. The number of carbonyl (C=O) groups is 1. The van der Waals surface area contributed by atoms with Crippen LogP contribution in [0.1, 0.15) is 25.7 Å². The molecule has 0 radical (unpaired) electrons. The average Bonchev–Trinajstić information content (AvgIpc) is 2.41. The first-order chi connectivity index (χ1) is 9.43. The van der Waals surface area contributed by atoms with E-state index in [1.807, 2.05) is 0 Å². The molecule has 0 aromatic carbocycles. The lowest BCUT2D eigenvalue weighted by molar-refractivity contribution is -0.140. The molecule has 1 aromatic rings. The standard InChI is InChI=1S/C12H19N3O4S/c1-19-12(16)5-3-2-4-8-14-11-7-6-10(9-15-11)20(13,17)18/h6-7,9H,2-5,8H2,1H3,(H,14,15)(H2,13,17,18). The number of hydrogen-bond donors (Lipinski definition) is 2. The SMILES string of the molecule is COC(=O)CCCCCNc1ccc(S(N)(=O)=O)cn1. The lowest BCUT2D eigenvalue weighted by atomic mass is 10.2. The maximum Gasteiger partial charge on any atom is 0.305 e. The van der Waals surface area contributed by atoms with Crippen LogP contribution in [0.4, 0.5) is 5.82 Å². The van der Waals surface area contributed by atoms with Crippen molar-refractivity contribution in [3.8, 4) is 0 Å². The molecule has 0 bridgehead atoms. The molecule has 20 heavy (non-hydrogen) atoms. The van der Waals surface area contributed by atoms with Gasteiger partial charge in [0.2, 0.25) is 10.0 Å². The fourth-order valence-electron chi connectivity index (χ4n) is 1.54. The minimum atomic E-state index is -3.70. The second-order valence-electron chi connectivity index (χ2n) is 4.24. The third-order valence-electron chi connectivity index (χ3n) is 2.66. The number of carbonyl (C=O) groups excluding carboxylic acids is 1. The van der Waals surface area contributed by atoms with Crippen molar-refractivity contribution in [3.05, 3.63) is 18.3 Å². The fourth-order valence-corrected chi connectivity index (χ4v) is 2.00. The highest BCUT2D eigenvalue weighted by atomic mass is 32.2. The van der Waals surface area contributed by atoms with Gasteiger partial charge in [-0.25, -0.2) is 18.5 Å². The minimum Gasteiger partial charge on any atom is -0.469 e. The minimum absolute atomic E-state index is 0.0128. The average molecular weight is 301 g/mol. The Kier molecular flexibility index (Phi) is 6.40. The number of esters is 1. The van der Waals surface area contributed by atoms with Crippen molar-refractivity contribution >= 4 is 21.8 Å². The summed E-state index contributed by atoms with van der Waals surface area (Å²) in [6.45, 7) is 0.697. The number of aromatic nitrogens is 1. The summed E-state index contributed by atoms with van der Waals surface area (Å²) in [5, 5.41) is 8.03. The molecule has 0 amide bonds. The van der Waals surface area contributed by atoms with Crippen LogP contribution >= 0.6 is 0 Å². The lowest BCUT2D eigenvalue weighted by Crippen LogP contribution is -2.12. The van der Waals surface area contributed by atoms with Crippen LogP contribution in [0.15, 0.2) is 23.2 Å². The first-order valence-electron chi connectivity index (χ1n) is 6.23. The number of unbranched alkanes of at least 4 members (excludes halogenated alkanes) is 2. The van der Waals surface area contributed by atoms with Gasteiger partial charge >= 0.3 is 5.97 Å². The van der Waals surface area contributed by atoms with Gasteiger partial charge in [0.05, 0.1) is 7.11 Å². The predicted octanol–water partition coefficient (Wildman–Crippen LogP) is 0.874. The Balaban J connectivity index is 2.24. The van der Waals surface area contributed by atoms with Gasteiger partial charge < -0.3 is 10.1 Å². The number of nitrogens with two attached hydrogens (primary N) is 1. The lowest BCUT2D eigenvalue weighted by Gasteiger charge is -2.06. The van der Waals surface area contributed by atoms with E-state index in [1.165, 1.54) is 19.4 Å². The van der Waals surface area contributed by atoms with E-state index in [-0.39, 0.29) is 10.9 Å². The van der Waals surface area contributed by atoms with Crippen LogP contribution in [0.3, 0.4) is 0 Å². The van der Waals surface area contributed by atoms with Crippen molar-refractivity contribution < 1.29 is 17.9 Å². The number of rotatable bonds is 8. The zero-order valence-corrected chi connectivity index (χ0v) is 12.1. The number of pyridine rings is 1. The van der Waals surface area contributed by atoms with Crippen LogP contribution in [0.25, 0.3) is 0 Å². The number of ether oxygens (including phenoxy) is 1. The largest absolute Gasteiger partial charge is 0.469 e. The summed E-state index contributed by atoms with van der Waals surface area (Å²) in [6, 6.07) is 2.97. The van der Waals surface area contributed by atoms with E-state index >= 15 is 0 Å².